The fourth-order valence-corrected chi connectivity index (χ4v) is 2.58. The van der Waals surface area contributed by atoms with Gasteiger partial charge in [0.25, 0.3) is 0 Å². The van der Waals surface area contributed by atoms with Gasteiger partial charge in [-0.2, -0.15) is 5.10 Å². The summed E-state index contributed by atoms with van der Waals surface area (Å²) in [6.07, 6.45) is 0. The van der Waals surface area contributed by atoms with Gasteiger partial charge in [0.15, 0.2) is 0 Å². The maximum absolute atomic E-state index is 4.41. The molecule has 0 aliphatic heterocycles. The molecule has 0 radical (unpaired) electrons. The van der Waals surface area contributed by atoms with E-state index in [1.165, 1.54) is 10.9 Å². The van der Waals surface area contributed by atoms with Gasteiger partial charge in [0.05, 0.1) is 5.69 Å². The normalized spacial score (nSPS) is 11.2. The molecule has 0 saturated heterocycles. The van der Waals surface area contributed by atoms with Crippen LogP contribution in [0.5, 0.6) is 0 Å². The van der Waals surface area contributed by atoms with Crippen LogP contribution < -0.4 is 0 Å². The molecule has 2 aromatic carbocycles. The number of benzene rings is 2. The van der Waals surface area contributed by atoms with Crippen molar-refractivity contribution in [1.82, 2.24) is 15.1 Å². The minimum Gasteiger partial charge on any atom is -0.305 e. The topological polar surface area (TPSA) is 29.0 Å². The molecule has 1 aromatic heterocycles. The first-order valence-corrected chi connectivity index (χ1v) is 7.11. The van der Waals surface area contributed by atoms with Gasteiger partial charge < -0.3 is 4.90 Å². The lowest BCUT2D eigenvalue weighted by atomic mass is 10.0. The van der Waals surface area contributed by atoms with E-state index >= 15 is 0 Å². The molecule has 0 aliphatic carbocycles. The van der Waals surface area contributed by atoms with Gasteiger partial charge in [-0.1, -0.05) is 48.5 Å². The molecule has 0 N–H and O–H groups in total. The number of fused-ring (bicyclic) bond motifs is 1. The second kappa shape index (κ2) is 5.62. The first-order chi connectivity index (χ1) is 10.1. The summed E-state index contributed by atoms with van der Waals surface area (Å²) in [5.41, 5.74) is 4.33. The van der Waals surface area contributed by atoms with E-state index in [1.807, 2.05) is 19.1 Å². The van der Waals surface area contributed by atoms with Gasteiger partial charge in [-0.15, -0.1) is 5.10 Å². The van der Waals surface area contributed by atoms with Gasteiger partial charge in [0.1, 0.15) is 5.69 Å². The quantitative estimate of drug-likeness (QED) is 0.731. The number of aromatic nitrogens is 2. The van der Waals surface area contributed by atoms with Crippen molar-refractivity contribution < 1.29 is 0 Å². The van der Waals surface area contributed by atoms with Gasteiger partial charge >= 0.3 is 0 Å². The Morgan fingerprint density at radius 2 is 1.52 bits per heavy atom. The molecule has 1 heterocycles. The molecule has 0 spiro atoms. The highest BCUT2D eigenvalue weighted by atomic mass is 15.1. The van der Waals surface area contributed by atoms with Crippen LogP contribution in [0.1, 0.15) is 11.3 Å². The molecule has 0 unspecified atom stereocenters. The Bertz CT molecular complexity index is 761. The van der Waals surface area contributed by atoms with E-state index in [0.29, 0.717) is 0 Å². The zero-order chi connectivity index (χ0) is 14.8. The first kappa shape index (κ1) is 13.7. The number of hydrogen-bond acceptors (Lipinski definition) is 3. The van der Waals surface area contributed by atoms with Crippen molar-refractivity contribution in [3.05, 3.63) is 59.8 Å². The highest BCUT2D eigenvalue weighted by molar-refractivity contribution is 5.95. The van der Waals surface area contributed by atoms with Crippen LogP contribution >= 0.6 is 0 Å². The largest absolute Gasteiger partial charge is 0.305 e. The monoisotopic (exact) mass is 277 g/mol. The third kappa shape index (κ3) is 2.78. The summed E-state index contributed by atoms with van der Waals surface area (Å²) >= 11 is 0. The maximum Gasteiger partial charge on any atom is 0.101 e. The summed E-state index contributed by atoms with van der Waals surface area (Å²) in [6.45, 7) is 2.94. The van der Waals surface area contributed by atoms with Crippen LogP contribution in [0.3, 0.4) is 0 Å². The second-order valence-electron chi connectivity index (χ2n) is 5.61. The smallest absolute Gasteiger partial charge is 0.101 e. The summed E-state index contributed by atoms with van der Waals surface area (Å²) in [4.78, 5) is 2.16. The van der Waals surface area contributed by atoms with Crippen LogP contribution in [0, 0.1) is 6.92 Å². The van der Waals surface area contributed by atoms with Crippen LogP contribution in [0.25, 0.3) is 22.0 Å². The Hall–Kier alpha value is -2.26. The minimum absolute atomic E-state index is 0.945. The lowest BCUT2D eigenvalue weighted by molar-refractivity contribution is 0.402. The summed E-state index contributed by atoms with van der Waals surface area (Å²) in [5, 5.41) is 11.0. The van der Waals surface area contributed by atoms with E-state index in [-0.39, 0.29) is 0 Å². The molecule has 0 atom stereocenters. The Kier molecular flexibility index (Phi) is 3.67. The van der Waals surface area contributed by atoms with Crippen molar-refractivity contribution in [2.75, 3.05) is 14.1 Å². The molecule has 0 fully saturated rings. The van der Waals surface area contributed by atoms with Crippen LogP contribution in [0.15, 0.2) is 48.5 Å². The fourth-order valence-electron chi connectivity index (χ4n) is 2.58. The molecule has 0 amide bonds. The van der Waals surface area contributed by atoms with Crippen LogP contribution in [0.2, 0.25) is 0 Å². The third-order valence-corrected chi connectivity index (χ3v) is 3.60. The highest BCUT2D eigenvalue weighted by Gasteiger charge is 2.08. The summed E-state index contributed by atoms with van der Waals surface area (Å²) in [5.74, 6) is 0. The van der Waals surface area contributed by atoms with Gasteiger partial charge in [0.2, 0.25) is 0 Å². The van der Waals surface area contributed by atoms with E-state index in [9.17, 15) is 0 Å². The van der Waals surface area contributed by atoms with E-state index in [1.54, 1.807) is 0 Å². The molecule has 3 rings (SSSR count). The Labute approximate surface area is 125 Å². The second-order valence-corrected chi connectivity index (χ2v) is 5.61. The van der Waals surface area contributed by atoms with E-state index in [0.717, 1.165) is 28.9 Å². The van der Waals surface area contributed by atoms with Crippen molar-refractivity contribution in [1.29, 1.82) is 0 Å². The number of hydrogen-bond donors (Lipinski definition) is 0. The molecule has 0 bridgehead atoms. The number of aryl methyl sites for hydroxylation is 1. The van der Waals surface area contributed by atoms with E-state index in [2.05, 4.69) is 65.6 Å². The van der Waals surface area contributed by atoms with Crippen molar-refractivity contribution in [2.45, 2.75) is 13.5 Å². The predicted molar refractivity (Wildman–Crippen MR) is 87.1 cm³/mol. The average molecular weight is 277 g/mol. The van der Waals surface area contributed by atoms with Gasteiger partial charge in [-0.3, -0.25) is 0 Å². The lowest BCUT2D eigenvalue weighted by Gasteiger charge is -2.11. The lowest BCUT2D eigenvalue weighted by Crippen LogP contribution is -2.10. The van der Waals surface area contributed by atoms with Crippen molar-refractivity contribution in [2.24, 2.45) is 0 Å². The van der Waals surface area contributed by atoms with Gasteiger partial charge in [-0.05, 0) is 26.6 Å². The average Bonchev–Trinajstić information content (AvgIpc) is 2.48. The molecule has 3 heteroatoms. The van der Waals surface area contributed by atoms with Crippen molar-refractivity contribution in [3.63, 3.8) is 0 Å². The number of nitrogens with zero attached hydrogens (tertiary/aromatic N) is 3. The van der Waals surface area contributed by atoms with E-state index < -0.39 is 0 Å². The fraction of sp³-hybridized carbons (Fsp3) is 0.222. The van der Waals surface area contributed by atoms with Crippen LogP contribution in [-0.4, -0.2) is 29.2 Å². The zero-order valence-corrected chi connectivity index (χ0v) is 12.7. The maximum atomic E-state index is 4.41. The molecular weight excluding hydrogens is 258 g/mol. The van der Waals surface area contributed by atoms with Crippen LogP contribution in [-0.2, 0) is 6.54 Å². The molecule has 3 nitrogen and oxygen atoms in total. The molecule has 0 saturated carbocycles. The zero-order valence-electron chi connectivity index (χ0n) is 12.7. The highest BCUT2D eigenvalue weighted by Crippen LogP contribution is 2.27. The van der Waals surface area contributed by atoms with E-state index in [4.69, 9.17) is 0 Å². The third-order valence-electron chi connectivity index (χ3n) is 3.60. The van der Waals surface area contributed by atoms with Gasteiger partial charge in [-0.25, -0.2) is 0 Å². The molecule has 106 valence electrons. The predicted octanol–water partition coefficient (Wildman–Crippen LogP) is 3.67. The molecule has 0 aliphatic rings. The minimum atomic E-state index is 0.945. The van der Waals surface area contributed by atoms with Crippen LogP contribution in [0.4, 0.5) is 0 Å². The molecular formula is C18H19N3. The number of rotatable bonds is 3. The standard InChI is InChI=1S/C18H19N3/c1-13-16-6-4-5-7-17(16)18(20-19-13)15-10-8-14(9-11-15)12-21(2)3/h4-11H,12H2,1-3H3. The van der Waals surface area contributed by atoms with Gasteiger partial charge in [0, 0.05) is 22.9 Å². The molecule has 3 aromatic rings. The Balaban J connectivity index is 2.06. The Morgan fingerprint density at radius 3 is 2.19 bits per heavy atom. The van der Waals surface area contributed by atoms with Crippen molar-refractivity contribution >= 4 is 10.8 Å². The summed E-state index contributed by atoms with van der Waals surface area (Å²) in [7, 11) is 4.15. The van der Waals surface area contributed by atoms with Crippen molar-refractivity contribution in [3.8, 4) is 11.3 Å². The molecule has 21 heavy (non-hydrogen) atoms. The first-order valence-electron chi connectivity index (χ1n) is 7.11. The summed E-state index contributed by atoms with van der Waals surface area (Å²) in [6, 6.07) is 16.9. The summed E-state index contributed by atoms with van der Waals surface area (Å²) < 4.78 is 0. The SMILES string of the molecule is Cc1nnc(-c2ccc(CN(C)C)cc2)c2ccccc12. The Morgan fingerprint density at radius 1 is 0.857 bits per heavy atom.